The minimum Gasteiger partial charge on any atom is -0.376 e. The summed E-state index contributed by atoms with van der Waals surface area (Å²) in [7, 11) is -3.90. The predicted molar refractivity (Wildman–Crippen MR) is 120 cm³/mol. The lowest BCUT2D eigenvalue weighted by Gasteiger charge is -2.23. The van der Waals surface area contributed by atoms with Gasteiger partial charge in [-0.2, -0.15) is 0 Å². The Morgan fingerprint density at radius 2 is 1.81 bits per heavy atom. The lowest BCUT2D eigenvalue weighted by atomic mass is 10.2. The van der Waals surface area contributed by atoms with E-state index in [1.807, 2.05) is 30.3 Å². The van der Waals surface area contributed by atoms with Crippen molar-refractivity contribution in [2.75, 3.05) is 26.2 Å². The number of carbonyl (C=O) groups excluding carboxylic acids is 2. The molecular formula is C22H26ClN3O5S. The van der Waals surface area contributed by atoms with Crippen LogP contribution in [0.15, 0.2) is 59.5 Å². The van der Waals surface area contributed by atoms with Crippen LogP contribution in [0, 0.1) is 0 Å². The monoisotopic (exact) mass is 479 g/mol. The molecule has 0 radical (unpaired) electrons. The second kappa shape index (κ2) is 11.4. The number of halogens is 1. The summed E-state index contributed by atoms with van der Waals surface area (Å²) < 4.78 is 32.8. The number of rotatable bonds is 10. The Morgan fingerprint density at radius 1 is 1.09 bits per heavy atom. The van der Waals surface area contributed by atoms with E-state index in [2.05, 4.69) is 10.0 Å². The van der Waals surface area contributed by atoms with E-state index in [4.69, 9.17) is 16.3 Å². The number of hydrogen-bond donors (Lipinski definition) is 2. The molecular weight excluding hydrogens is 454 g/mol. The van der Waals surface area contributed by atoms with E-state index in [0.29, 0.717) is 18.2 Å². The Bertz CT molecular complexity index is 1010. The molecule has 1 saturated heterocycles. The standard InChI is InChI=1S/C22H26ClN3O5S/c23-18-8-10-20(11-9-18)32(29,30)25-14-22(28)26(15-17-5-2-1-3-6-17)16-21(27)24-13-19-7-4-12-31-19/h1-3,5-6,8-11,19,25H,4,7,12-16H2,(H,24,27)/t19-/m0/s1. The quantitative estimate of drug-likeness (QED) is 0.542. The summed E-state index contributed by atoms with van der Waals surface area (Å²) in [5.74, 6) is -0.844. The Morgan fingerprint density at radius 3 is 2.47 bits per heavy atom. The van der Waals surface area contributed by atoms with Gasteiger partial charge in [-0.3, -0.25) is 9.59 Å². The molecule has 1 aliphatic rings. The summed E-state index contributed by atoms with van der Waals surface area (Å²) in [6, 6.07) is 14.8. The maximum atomic E-state index is 12.8. The van der Waals surface area contributed by atoms with Crippen LogP contribution in [0.3, 0.4) is 0 Å². The average molecular weight is 480 g/mol. The zero-order chi connectivity index (χ0) is 23.0. The number of ether oxygens (including phenoxy) is 1. The predicted octanol–water partition coefficient (Wildman–Crippen LogP) is 1.94. The third-order valence-electron chi connectivity index (χ3n) is 4.99. The summed E-state index contributed by atoms with van der Waals surface area (Å²) >= 11 is 5.80. The number of sulfonamides is 1. The summed E-state index contributed by atoms with van der Waals surface area (Å²) in [4.78, 5) is 26.6. The first-order chi connectivity index (χ1) is 15.3. The van der Waals surface area contributed by atoms with Crippen molar-refractivity contribution >= 4 is 33.4 Å². The van der Waals surface area contributed by atoms with E-state index in [1.165, 1.54) is 29.2 Å². The molecule has 2 N–H and O–H groups in total. The van der Waals surface area contributed by atoms with Crippen LogP contribution in [0.25, 0.3) is 0 Å². The molecule has 3 rings (SSSR count). The van der Waals surface area contributed by atoms with Gasteiger partial charge in [-0.15, -0.1) is 0 Å². The summed E-state index contributed by atoms with van der Waals surface area (Å²) in [5.41, 5.74) is 0.827. The molecule has 172 valence electrons. The van der Waals surface area contributed by atoms with Crippen molar-refractivity contribution in [2.24, 2.45) is 0 Å². The molecule has 1 heterocycles. The molecule has 1 aliphatic heterocycles. The molecule has 32 heavy (non-hydrogen) atoms. The summed E-state index contributed by atoms with van der Waals surface area (Å²) in [6.07, 6.45) is 1.84. The van der Waals surface area contributed by atoms with Crippen molar-refractivity contribution < 1.29 is 22.7 Å². The molecule has 8 nitrogen and oxygen atoms in total. The molecule has 1 fully saturated rings. The Balaban J connectivity index is 1.62. The zero-order valence-electron chi connectivity index (χ0n) is 17.5. The van der Waals surface area contributed by atoms with Gasteiger partial charge in [-0.25, -0.2) is 13.1 Å². The molecule has 0 saturated carbocycles. The molecule has 0 spiro atoms. The van der Waals surface area contributed by atoms with Crippen molar-refractivity contribution in [3.8, 4) is 0 Å². The van der Waals surface area contributed by atoms with Crippen LogP contribution >= 0.6 is 11.6 Å². The van der Waals surface area contributed by atoms with Crippen molar-refractivity contribution in [2.45, 2.75) is 30.4 Å². The van der Waals surface area contributed by atoms with Crippen LogP contribution in [-0.4, -0.2) is 57.5 Å². The van der Waals surface area contributed by atoms with Crippen LogP contribution in [0.5, 0.6) is 0 Å². The molecule has 0 unspecified atom stereocenters. The number of hydrogen-bond acceptors (Lipinski definition) is 5. The van der Waals surface area contributed by atoms with E-state index >= 15 is 0 Å². The Hall–Kier alpha value is -2.46. The van der Waals surface area contributed by atoms with Crippen LogP contribution in [0.1, 0.15) is 18.4 Å². The van der Waals surface area contributed by atoms with Gasteiger partial charge in [0, 0.05) is 24.7 Å². The second-order valence-corrected chi connectivity index (χ2v) is 9.66. The van der Waals surface area contributed by atoms with E-state index in [0.717, 1.165) is 18.4 Å². The normalized spacial score (nSPS) is 16.0. The SMILES string of the molecule is O=C(CN(Cc1ccccc1)C(=O)CNS(=O)(=O)c1ccc(Cl)cc1)NC[C@@H]1CCCO1. The van der Waals surface area contributed by atoms with Gasteiger partial charge in [0.15, 0.2) is 0 Å². The molecule has 2 aromatic rings. The van der Waals surface area contributed by atoms with E-state index in [9.17, 15) is 18.0 Å². The number of carbonyl (C=O) groups is 2. The Kier molecular flexibility index (Phi) is 8.63. The summed E-state index contributed by atoms with van der Waals surface area (Å²) in [6.45, 7) is 0.581. The van der Waals surface area contributed by atoms with Gasteiger partial charge in [-0.1, -0.05) is 41.9 Å². The van der Waals surface area contributed by atoms with Crippen molar-refractivity contribution in [1.82, 2.24) is 14.9 Å². The minimum absolute atomic E-state index is 0.00128. The van der Waals surface area contributed by atoms with Crippen LogP contribution < -0.4 is 10.0 Å². The maximum absolute atomic E-state index is 12.8. The van der Waals surface area contributed by atoms with Gasteiger partial charge >= 0.3 is 0 Å². The number of nitrogens with zero attached hydrogens (tertiary/aromatic N) is 1. The molecule has 0 bridgehead atoms. The number of nitrogens with one attached hydrogen (secondary N) is 2. The molecule has 2 amide bonds. The highest BCUT2D eigenvalue weighted by Crippen LogP contribution is 2.14. The Labute approximate surface area is 192 Å². The lowest BCUT2D eigenvalue weighted by molar-refractivity contribution is -0.135. The largest absolute Gasteiger partial charge is 0.376 e. The van der Waals surface area contributed by atoms with Crippen LogP contribution in [0.4, 0.5) is 0 Å². The molecule has 0 aromatic heterocycles. The third-order valence-corrected chi connectivity index (χ3v) is 6.66. The van der Waals surface area contributed by atoms with E-state index in [1.54, 1.807) is 0 Å². The van der Waals surface area contributed by atoms with Crippen molar-refractivity contribution in [1.29, 1.82) is 0 Å². The van der Waals surface area contributed by atoms with Gasteiger partial charge in [0.2, 0.25) is 21.8 Å². The topological polar surface area (TPSA) is 105 Å². The lowest BCUT2D eigenvalue weighted by Crippen LogP contribution is -2.45. The molecule has 0 aliphatic carbocycles. The first-order valence-corrected chi connectivity index (χ1v) is 12.1. The fourth-order valence-corrected chi connectivity index (χ4v) is 4.36. The van der Waals surface area contributed by atoms with Crippen LogP contribution in [-0.2, 0) is 30.9 Å². The van der Waals surface area contributed by atoms with Crippen molar-refractivity contribution in [3.63, 3.8) is 0 Å². The third kappa shape index (κ3) is 7.30. The van der Waals surface area contributed by atoms with E-state index in [-0.39, 0.29) is 30.0 Å². The highest BCUT2D eigenvalue weighted by molar-refractivity contribution is 7.89. The fraction of sp³-hybridized carbons (Fsp3) is 0.364. The van der Waals surface area contributed by atoms with Gasteiger partial charge in [0.1, 0.15) is 0 Å². The minimum atomic E-state index is -3.90. The zero-order valence-corrected chi connectivity index (χ0v) is 19.1. The first kappa shape index (κ1) is 24.2. The van der Waals surface area contributed by atoms with Gasteiger partial charge < -0.3 is 15.0 Å². The van der Waals surface area contributed by atoms with Crippen LogP contribution in [0.2, 0.25) is 5.02 Å². The number of amides is 2. The maximum Gasteiger partial charge on any atom is 0.241 e. The molecule has 1 atom stereocenters. The molecule has 2 aromatic carbocycles. The van der Waals surface area contributed by atoms with Crippen molar-refractivity contribution in [3.05, 3.63) is 65.2 Å². The molecule has 10 heteroatoms. The highest BCUT2D eigenvalue weighted by atomic mass is 35.5. The van der Waals surface area contributed by atoms with Gasteiger partial charge in [0.05, 0.1) is 24.1 Å². The first-order valence-electron chi connectivity index (χ1n) is 10.3. The smallest absolute Gasteiger partial charge is 0.241 e. The average Bonchev–Trinajstić information content (AvgIpc) is 3.30. The fourth-order valence-electron chi connectivity index (χ4n) is 3.26. The van der Waals surface area contributed by atoms with E-state index < -0.39 is 22.5 Å². The number of benzene rings is 2. The highest BCUT2D eigenvalue weighted by Gasteiger charge is 2.22. The summed E-state index contributed by atoms with van der Waals surface area (Å²) in [5, 5.41) is 3.20. The van der Waals surface area contributed by atoms with Gasteiger partial charge in [0.25, 0.3) is 0 Å². The van der Waals surface area contributed by atoms with Gasteiger partial charge in [-0.05, 0) is 42.7 Å². The second-order valence-electron chi connectivity index (χ2n) is 7.45.